The van der Waals surface area contributed by atoms with Crippen molar-refractivity contribution >= 4 is 10.8 Å². The van der Waals surface area contributed by atoms with Crippen LogP contribution in [0.15, 0.2) is 42.5 Å². The van der Waals surface area contributed by atoms with Gasteiger partial charge in [-0.15, -0.1) is 0 Å². The number of nitrogens with zero attached hydrogens (tertiary/aromatic N) is 1. The molecule has 18 heavy (non-hydrogen) atoms. The maximum Gasteiger partial charge on any atom is 0.0664 e. The Morgan fingerprint density at radius 3 is 2.61 bits per heavy atom. The first kappa shape index (κ1) is 13.1. The molecule has 2 nitrogen and oxygen atoms in total. The Balaban J connectivity index is 2.16. The summed E-state index contributed by atoms with van der Waals surface area (Å²) < 4.78 is 0. The minimum Gasteiger partial charge on any atom is -0.392 e. The van der Waals surface area contributed by atoms with Crippen LogP contribution in [0.3, 0.4) is 0 Å². The molecule has 0 spiro atoms. The van der Waals surface area contributed by atoms with Gasteiger partial charge >= 0.3 is 0 Å². The zero-order valence-electron chi connectivity index (χ0n) is 11.1. The SMILES string of the molecule is CCC(O)CN(C)Cc1cccc2ccccc12. The molecule has 2 aromatic carbocycles. The molecule has 0 amide bonds. The van der Waals surface area contributed by atoms with Gasteiger partial charge in [0.15, 0.2) is 0 Å². The van der Waals surface area contributed by atoms with E-state index in [0.29, 0.717) is 0 Å². The van der Waals surface area contributed by atoms with E-state index in [0.717, 1.165) is 19.5 Å². The third-order valence-electron chi connectivity index (χ3n) is 3.31. The van der Waals surface area contributed by atoms with Crippen molar-refractivity contribution in [3.8, 4) is 0 Å². The van der Waals surface area contributed by atoms with Crippen molar-refractivity contribution in [1.29, 1.82) is 0 Å². The summed E-state index contributed by atoms with van der Waals surface area (Å²) >= 11 is 0. The number of aliphatic hydroxyl groups is 1. The molecule has 0 saturated carbocycles. The molecule has 1 unspecified atom stereocenters. The van der Waals surface area contributed by atoms with Crippen molar-refractivity contribution < 1.29 is 5.11 Å². The van der Waals surface area contributed by atoms with Crippen LogP contribution in [0.1, 0.15) is 18.9 Å². The van der Waals surface area contributed by atoms with Crippen LogP contribution in [0.4, 0.5) is 0 Å². The van der Waals surface area contributed by atoms with Crippen LogP contribution < -0.4 is 0 Å². The van der Waals surface area contributed by atoms with Gasteiger partial charge in [0.05, 0.1) is 6.10 Å². The Hall–Kier alpha value is -1.38. The standard InChI is InChI=1S/C16H21NO/c1-3-15(18)12-17(2)11-14-9-6-8-13-7-4-5-10-16(13)14/h4-10,15,18H,3,11-12H2,1-2H3. The van der Waals surface area contributed by atoms with Gasteiger partial charge in [-0.3, -0.25) is 4.90 Å². The molecular formula is C16H21NO. The molecule has 0 aromatic heterocycles. The predicted molar refractivity (Wildman–Crippen MR) is 76.6 cm³/mol. The second kappa shape index (κ2) is 5.98. The van der Waals surface area contributed by atoms with Crippen LogP contribution >= 0.6 is 0 Å². The van der Waals surface area contributed by atoms with Gasteiger partial charge in [0.25, 0.3) is 0 Å². The zero-order chi connectivity index (χ0) is 13.0. The van der Waals surface area contributed by atoms with Crippen molar-refractivity contribution in [2.45, 2.75) is 26.0 Å². The fraction of sp³-hybridized carbons (Fsp3) is 0.375. The molecule has 1 atom stereocenters. The zero-order valence-corrected chi connectivity index (χ0v) is 11.1. The van der Waals surface area contributed by atoms with Crippen molar-refractivity contribution in [2.75, 3.05) is 13.6 Å². The second-order valence-corrected chi connectivity index (χ2v) is 4.90. The highest BCUT2D eigenvalue weighted by Gasteiger charge is 2.08. The predicted octanol–water partition coefficient (Wildman–Crippen LogP) is 3.04. The Morgan fingerprint density at radius 1 is 1.11 bits per heavy atom. The van der Waals surface area contributed by atoms with Crippen LogP contribution in [0.2, 0.25) is 0 Å². The Labute approximate surface area is 109 Å². The van der Waals surface area contributed by atoms with Crippen molar-refractivity contribution in [3.05, 3.63) is 48.0 Å². The Kier molecular flexibility index (Phi) is 4.34. The van der Waals surface area contributed by atoms with E-state index >= 15 is 0 Å². The van der Waals surface area contributed by atoms with Crippen molar-refractivity contribution in [1.82, 2.24) is 4.90 Å². The minimum absolute atomic E-state index is 0.232. The molecule has 2 heteroatoms. The molecule has 0 heterocycles. The molecule has 2 aromatic rings. The quantitative estimate of drug-likeness (QED) is 0.872. The van der Waals surface area contributed by atoms with Crippen LogP contribution in [-0.4, -0.2) is 29.7 Å². The van der Waals surface area contributed by atoms with E-state index in [1.54, 1.807) is 0 Å². The van der Waals surface area contributed by atoms with E-state index in [1.165, 1.54) is 16.3 Å². The lowest BCUT2D eigenvalue weighted by Gasteiger charge is -2.20. The Morgan fingerprint density at radius 2 is 1.83 bits per heavy atom. The number of fused-ring (bicyclic) bond motifs is 1. The maximum absolute atomic E-state index is 9.68. The molecule has 1 N–H and O–H groups in total. The van der Waals surface area contributed by atoms with Gasteiger partial charge in [0.2, 0.25) is 0 Å². The van der Waals surface area contributed by atoms with Crippen molar-refractivity contribution in [3.63, 3.8) is 0 Å². The number of likely N-dealkylation sites (N-methyl/N-ethyl adjacent to an activating group) is 1. The highest BCUT2D eigenvalue weighted by molar-refractivity contribution is 5.85. The number of hydrogen-bond acceptors (Lipinski definition) is 2. The van der Waals surface area contributed by atoms with Crippen molar-refractivity contribution in [2.24, 2.45) is 0 Å². The molecule has 0 radical (unpaired) electrons. The smallest absolute Gasteiger partial charge is 0.0664 e. The molecular weight excluding hydrogens is 222 g/mol. The normalized spacial score (nSPS) is 13.1. The molecule has 2 rings (SSSR count). The lowest BCUT2D eigenvalue weighted by atomic mass is 10.0. The van der Waals surface area contributed by atoms with Gasteiger partial charge in [-0.25, -0.2) is 0 Å². The molecule has 0 aliphatic heterocycles. The summed E-state index contributed by atoms with van der Waals surface area (Å²) in [5.74, 6) is 0. The summed E-state index contributed by atoms with van der Waals surface area (Å²) in [4.78, 5) is 2.18. The number of rotatable bonds is 5. The first-order valence-electron chi connectivity index (χ1n) is 6.54. The summed E-state index contributed by atoms with van der Waals surface area (Å²) in [6.07, 6.45) is 0.574. The minimum atomic E-state index is -0.232. The number of aliphatic hydroxyl groups excluding tert-OH is 1. The monoisotopic (exact) mass is 243 g/mol. The van der Waals surface area contributed by atoms with E-state index in [2.05, 4.69) is 54.4 Å². The lowest BCUT2D eigenvalue weighted by Crippen LogP contribution is -2.28. The van der Waals surface area contributed by atoms with Gasteiger partial charge in [-0.2, -0.15) is 0 Å². The lowest BCUT2D eigenvalue weighted by molar-refractivity contribution is 0.119. The Bertz CT molecular complexity index is 504. The third kappa shape index (κ3) is 3.09. The summed E-state index contributed by atoms with van der Waals surface area (Å²) in [6.45, 7) is 3.61. The van der Waals surface area contributed by atoms with E-state index in [4.69, 9.17) is 0 Å². The highest BCUT2D eigenvalue weighted by Crippen LogP contribution is 2.19. The number of hydrogen-bond donors (Lipinski definition) is 1. The van der Waals surface area contributed by atoms with Gasteiger partial charge in [-0.05, 0) is 29.8 Å². The first-order chi connectivity index (χ1) is 8.70. The van der Waals surface area contributed by atoms with E-state index in [-0.39, 0.29) is 6.10 Å². The first-order valence-corrected chi connectivity index (χ1v) is 6.54. The third-order valence-corrected chi connectivity index (χ3v) is 3.31. The topological polar surface area (TPSA) is 23.5 Å². The fourth-order valence-corrected chi connectivity index (χ4v) is 2.27. The van der Waals surface area contributed by atoms with Gasteiger partial charge in [-0.1, -0.05) is 49.4 Å². The molecule has 0 aliphatic rings. The molecule has 0 aliphatic carbocycles. The van der Waals surface area contributed by atoms with Crippen LogP contribution in [0, 0.1) is 0 Å². The fourth-order valence-electron chi connectivity index (χ4n) is 2.27. The summed E-state index contributed by atoms with van der Waals surface area (Å²) in [6, 6.07) is 14.8. The molecule has 0 fully saturated rings. The van der Waals surface area contributed by atoms with E-state index in [1.807, 2.05) is 6.92 Å². The van der Waals surface area contributed by atoms with E-state index in [9.17, 15) is 5.11 Å². The summed E-state index contributed by atoms with van der Waals surface area (Å²) in [5, 5.41) is 12.3. The van der Waals surface area contributed by atoms with Crippen LogP contribution in [-0.2, 0) is 6.54 Å². The maximum atomic E-state index is 9.68. The average Bonchev–Trinajstić information content (AvgIpc) is 2.39. The van der Waals surface area contributed by atoms with Gasteiger partial charge in [0, 0.05) is 13.1 Å². The number of benzene rings is 2. The summed E-state index contributed by atoms with van der Waals surface area (Å²) in [5.41, 5.74) is 1.32. The highest BCUT2D eigenvalue weighted by atomic mass is 16.3. The molecule has 96 valence electrons. The van der Waals surface area contributed by atoms with Gasteiger partial charge < -0.3 is 5.11 Å². The van der Waals surface area contributed by atoms with Crippen LogP contribution in [0.5, 0.6) is 0 Å². The second-order valence-electron chi connectivity index (χ2n) is 4.90. The van der Waals surface area contributed by atoms with Gasteiger partial charge in [0.1, 0.15) is 0 Å². The molecule has 0 saturated heterocycles. The summed E-state index contributed by atoms with van der Waals surface area (Å²) in [7, 11) is 2.06. The largest absolute Gasteiger partial charge is 0.392 e. The average molecular weight is 243 g/mol. The van der Waals surface area contributed by atoms with Crippen LogP contribution in [0.25, 0.3) is 10.8 Å². The van der Waals surface area contributed by atoms with E-state index < -0.39 is 0 Å². The molecule has 0 bridgehead atoms.